The SMILES string of the molecule is CN(C)C(=O)CNc1nc2ccc([N+](=O)[O-])cc2o1. The number of oxazole rings is 1. The third kappa shape index (κ3) is 2.79. The first-order valence-electron chi connectivity index (χ1n) is 5.46. The van der Waals surface area contributed by atoms with E-state index in [0.717, 1.165) is 0 Å². The molecule has 0 atom stereocenters. The number of nitrogens with one attached hydrogen (secondary N) is 1. The van der Waals surface area contributed by atoms with Crippen LogP contribution in [0.25, 0.3) is 11.1 Å². The lowest BCUT2D eigenvalue weighted by molar-refractivity contribution is -0.384. The molecule has 2 aromatic rings. The second kappa shape index (κ2) is 4.92. The molecule has 8 nitrogen and oxygen atoms in total. The molecule has 1 aromatic carbocycles. The molecule has 1 heterocycles. The van der Waals surface area contributed by atoms with E-state index in [1.807, 2.05) is 0 Å². The minimum atomic E-state index is -0.509. The Kier molecular flexibility index (Phi) is 3.32. The summed E-state index contributed by atoms with van der Waals surface area (Å²) in [5, 5.41) is 13.3. The molecule has 1 N–H and O–H groups in total. The van der Waals surface area contributed by atoms with E-state index in [1.165, 1.54) is 23.1 Å². The first kappa shape index (κ1) is 12.8. The lowest BCUT2D eigenvalue weighted by Gasteiger charge is -2.09. The number of rotatable bonds is 4. The van der Waals surface area contributed by atoms with Crippen LogP contribution in [0.15, 0.2) is 22.6 Å². The molecular weight excluding hydrogens is 252 g/mol. The summed E-state index contributed by atoms with van der Waals surface area (Å²) in [6.07, 6.45) is 0. The van der Waals surface area contributed by atoms with Crippen LogP contribution in [-0.4, -0.2) is 41.4 Å². The summed E-state index contributed by atoms with van der Waals surface area (Å²) in [7, 11) is 3.28. The van der Waals surface area contributed by atoms with Gasteiger partial charge < -0.3 is 14.6 Å². The molecule has 1 amide bonds. The van der Waals surface area contributed by atoms with Gasteiger partial charge in [0, 0.05) is 20.2 Å². The fourth-order valence-corrected chi connectivity index (χ4v) is 1.41. The molecule has 0 spiro atoms. The second-order valence-electron chi connectivity index (χ2n) is 4.07. The Morgan fingerprint density at radius 1 is 1.53 bits per heavy atom. The number of aromatic nitrogens is 1. The Bertz CT molecular complexity index is 635. The number of non-ortho nitro benzene ring substituents is 1. The first-order chi connectivity index (χ1) is 8.97. The van der Waals surface area contributed by atoms with Gasteiger partial charge in [0.2, 0.25) is 5.91 Å². The normalized spacial score (nSPS) is 10.4. The number of amides is 1. The minimum Gasteiger partial charge on any atom is -0.423 e. The highest BCUT2D eigenvalue weighted by atomic mass is 16.6. The zero-order valence-corrected chi connectivity index (χ0v) is 10.4. The smallest absolute Gasteiger partial charge is 0.296 e. The van der Waals surface area contributed by atoms with Gasteiger partial charge in [-0.3, -0.25) is 14.9 Å². The molecule has 8 heteroatoms. The van der Waals surface area contributed by atoms with E-state index in [9.17, 15) is 14.9 Å². The second-order valence-corrected chi connectivity index (χ2v) is 4.07. The van der Waals surface area contributed by atoms with Gasteiger partial charge >= 0.3 is 0 Å². The average molecular weight is 264 g/mol. The van der Waals surface area contributed by atoms with E-state index in [-0.39, 0.29) is 24.2 Å². The molecule has 0 saturated heterocycles. The monoisotopic (exact) mass is 264 g/mol. The largest absolute Gasteiger partial charge is 0.423 e. The van der Waals surface area contributed by atoms with Crippen LogP contribution < -0.4 is 5.32 Å². The Hall–Kier alpha value is -2.64. The topological polar surface area (TPSA) is 102 Å². The number of likely N-dealkylation sites (N-methyl/N-ethyl adjacent to an activating group) is 1. The standard InChI is InChI=1S/C11H12N4O4/c1-14(2)10(16)6-12-11-13-8-4-3-7(15(17)18)5-9(8)19-11/h3-5H,6H2,1-2H3,(H,12,13). The lowest BCUT2D eigenvalue weighted by atomic mass is 10.3. The highest BCUT2D eigenvalue weighted by molar-refractivity contribution is 5.81. The summed E-state index contributed by atoms with van der Waals surface area (Å²) in [6.45, 7) is 0.0436. The van der Waals surface area contributed by atoms with Crippen molar-refractivity contribution in [3.63, 3.8) is 0 Å². The molecule has 1 aromatic heterocycles. The van der Waals surface area contributed by atoms with E-state index in [4.69, 9.17) is 4.42 Å². The van der Waals surface area contributed by atoms with E-state index >= 15 is 0 Å². The summed E-state index contributed by atoms with van der Waals surface area (Å²) < 4.78 is 5.29. The fraction of sp³-hybridized carbons (Fsp3) is 0.273. The third-order valence-corrected chi connectivity index (χ3v) is 2.47. The molecule has 2 rings (SSSR count). The van der Waals surface area contributed by atoms with Crippen LogP contribution in [-0.2, 0) is 4.79 Å². The van der Waals surface area contributed by atoms with Gasteiger partial charge in [-0.05, 0) is 6.07 Å². The maximum atomic E-state index is 11.4. The number of nitrogens with zero attached hydrogens (tertiary/aromatic N) is 3. The van der Waals surface area contributed by atoms with Gasteiger partial charge in [-0.15, -0.1) is 0 Å². The molecule has 0 saturated carbocycles. The Morgan fingerprint density at radius 2 is 2.26 bits per heavy atom. The number of carbonyl (C=O) groups excluding carboxylic acids is 1. The highest BCUT2D eigenvalue weighted by Gasteiger charge is 2.12. The molecule has 0 radical (unpaired) electrons. The maximum Gasteiger partial charge on any atom is 0.296 e. The number of anilines is 1. The van der Waals surface area contributed by atoms with E-state index < -0.39 is 4.92 Å². The van der Waals surface area contributed by atoms with Crippen molar-refractivity contribution in [2.24, 2.45) is 0 Å². The number of nitro benzene ring substituents is 1. The van der Waals surface area contributed by atoms with Gasteiger partial charge in [0.05, 0.1) is 17.5 Å². The minimum absolute atomic E-state index is 0.0436. The number of benzene rings is 1. The predicted molar refractivity (Wildman–Crippen MR) is 67.8 cm³/mol. The molecule has 19 heavy (non-hydrogen) atoms. The fourth-order valence-electron chi connectivity index (χ4n) is 1.41. The van der Waals surface area contributed by atoms with E-state index in [0.29, 0.717) is 11.1 Å². The van der Waals surface area contributed by atoms with Crippen LogP contribution in [0.1, 0.15) is 0 Å². The summed E-state index contributed by atoms with van der Waals surface area (Å²) in [5.41, 5.74) is 0.721. The van der Waals surface area contributed by atoms with Crippen LogP contribution >= 0.6 is 0 Å². The number of nitro groups is 1. The Balaban J connectivity index is 2.17. The molecule has 0 bridgehead atoms. The van der Waals surface area contributed by atoms with Crippen molar-refractivity contribution in [1.82, 2.24) is 9.88 Å². The van der Waals surface area contributed by atoms with E-state index in [2.05, 4.69) is 10.3 Å². The van der Waals surface area contributed by atoms with Crippen molar-refractivity contribution < 1.29 is 14.1 Å². The van der Waals surface area contributed by atoms with Gasteiger partial charge in [-0.1, -0.05) is 0 Å². The summed E-state index contributed by atoms with van der Waals surface area (Å²) >= 11 is 0. The maximum absolute atomic E-state index is 11.4. The molecular formula is C11H12N4O4. The van der Waals surface area contributed by atoms with Crippen LogP contribution in [0, 0.1) is 10.1 Å². The van der Waals surface area contributed by atoms with Crippen molar-refractivity contribution in [3.05, 3.63) is 28.3 Å². The van der Waals surface area contributed by atoms with Crippen molar-refractivity contribution in [1.29, 1.82) is 0 Å². The average Bonchev–Trinajstić information content (AvgIpc) is 2.77. The number of fused-ring (bicyclic) bond motifs is 1. The first-order valence-corrected chi connectivity index (χ1v) is 5.46. The number of hydrogen-bond acceptors (Lipinski definition) is 6. The summed E-state index contributed by atoms with van der Waals surface area (Å²) in [4.78, 5) is 27.0. The molecule has 0 unspecified atom stereocenters. The van der Waals surface area contributed by atoms with Gasteiger partial charge in [-0.25, -0.2) is 0 Å². The zero-order chi connectivity index (χ0) is 14.0. The summed E-state index contributed by atoms with van der Waals surface area (Å²) in [6, 6.07) is 4.29. The molecule has 0 aliphatic carbocycles. The Labute approximate surface area is 108 Å². The quantitative estimate of drug-likeness (QED) is 0.658. The lowest BCUT2D eigenvalue weighted by Crippen LogP contribution is -2.28. The molecule has 100 valence electrons. The summed E-state index contributed by atoms with van der Waals surface area (Å²) in [5.74, 6) is -0.131. The van der Waals surface area contributed by atoms with Crippen LogP contribution in [0.5, 0.6) is 0 Å². The molecule has 0 fully saturated rings. The van der Waals surface area contributed by atoms with Gasteiger partial charge in [0.1, 0.15) is 5.52 Å². The number of hydrogen-bond donors (Lipinski definition) is 1. The zero-order valence-electron chi connectivity index (χ0n) is 10.4. The van der Waals surface area contributed by atoms with Crippen LogP contribution in [0.2, 0.25) is 0 Å². The number of carbonyl (C=O) groups is 1. The van der Waals surface area contributed by atoms with Crippen LogP contribution in [0.3, 0.4) is 0 Å². The van der Waals surface area contributed by atoms with Crippen LogP contribution in [0.4, 0.5) is 11.7 Å². The third-order valence-electron chi connectivity index (χ3n) is 2.47. The molecule has 0 aliphatic heterocycles. The molecule has 0 aliphatic rings. The predicted octanol–water partition coefficient (Wildman–Crippen LogP) is 1.24. The van der Waals surface area contributed by atoms with Crippen molar-refractivity contribution >= 4 is 28.7 Å². The van der Waals surface area contributed by atoms with Crippen molar-refractivity contribution in [2.75, 3.05) is 26.0 Å². The van der Waals surface area contributed by atoms with Gasteiger partial charge in [-0.2, -0.15) is 4.98 Å². The highest BCUT2D eigenvalue weighted by Crippen LogP contribution is 2.23. The van der Waals surface area contributed by atoms with E-state index in [1.54, 1.807) is 14.1 Å². The van der Waals surface area contributed by atoms with Crippen molar-refractivity contribution in [3.8, 4) is 0 Å². The Morgan fingerprint density at radius 3 is 2.89 bits per heavy atom. The van der Waals surface area contributed by atoms with Crippen molar-refractivity contribution in [2.45, 2.75) is 0 Å². The van der Waals surface area contributed by atoms with Gasteiger partial charge in [0.25, 0.3) is 11.7 Å². The van der Waals surface area contributed by atoms with Gasteiger partial charge in [0.15, 0.2) is 5.58 Å².